The third-order valence-corrected chi connectivity index (χ3v) is 3.87. The van der Waals surface area contributed by atoms with Crippen LogP contribution < -0.4 is 0 Å². The Bertz CT molecular complexity index is 557. The van der Waals surface area contributed by atoms with E-state index < -0.39 is 0 Å². The molecule has 0 aliphatic rings. The van der Waals surface area contributed by atoms with Crippen molar-refractivity contribution in [3.8, 4) is 0 Å². The zero-order chi connectivity index (χ0) is 13.7. The van der Waals surface area contributed by atoms with Crippen LogP contribution in [-0.2, 0) is 7.05 Å². The molecule has 0 unspecified atom stereocenters. The molecule has 20 heavy (non-hydrogen) atoms. The lowest BCUT2D eigenvalue weighted by molar-refractivity contribution is 0.0982. The molecule has 1 heterocycles. The third-order valence-electron chi connectivity index (χ3n) is 2.72. The van der Waals surface area contributed by atoms with E-state index >= 15 is 0 Å². The third kappa shape index (κ3) is 4.65. The molecule has 0 amide bonds. The number of hydrogen-bond donors (Lipinski definition) is 0. The van der Waals surface area contributed by atoms with E-state index in [0.29, 0.717) is 12.0 Å². The van der Waals surface area contributed by atoms with Gasteiger partial charge in [-0.15, -0.1) is 12.4 Å². The summed E-state index contributed by atoms with van der Waals surface area (Å²) < 4.78 is 14.7. The van der Waals surface area contributed by atoms with Gasteiger partial charge in [0.15, 0.2) is 10.9 Å². The lowest BCUT2D eigenvalue weighted by atomic mass is 10.1. The zero-order valence-electron chi connectivity index (χ0n) is 11.1. The quantitative estimate of drug-likeness (QED) is 0.463. The first-order valence-electron chi connectivity index (χ1n) is 6.05. The Morgan fingerprint density at radius 2 is 2.05 bits per heavy atom. The number of halogens is 2. The van der Waals surface area contributed by atoms with E-state index in [1.165, 1.54) is 24.3 Å². The number of thioether (sulfide) groups is 1. The molecule has 108 valence electrons. The topological polar surface area (TPSA) is 34.9 Å². The van der Waals surface area contributed by atoms with Gasteiger partial charge in [0.1, 0.15) is 5.82 Å². The minimum atomic E-state index is -0.318. The van der Waals surface area contributed by atoms with Gasteiger partial charge in [-0.1, -0.05) is 11.8 Å². The van der Waals surface area contributed by atoms with Crippen LogP contribution in [0.2, 0.25) is 0 Å². The summed E-state index contributed by atoms with van der Waals surface area (Å²) in [5.41, 5.74) is 0.573. The van der Waals surface area contributed by atoms with Gasteiger partial charge in [-0.3, -0.25) is 4.79 Å². The van der Waals surface area contributed by atoms with Crippen molar-refractivity contribution in [2.75, 3.05) is 5.75 Å². The number of ketones is 1. The Hall–Kier alpha value is -1.33. The number of nitrogens with zero attached hydrogens (tertiary/aromatic N) is 2. The summed E-state index contributed by atoms with van der Waals surface area (Å²) in [5.74, 6) is 0.583. The summed E-state index contributed by atoms with van der Waals surface area (Å²) in [6, 6.07) is 5.69. The molecule has 0 saturated carbocycles. The molecule has 0 bridgehead atoms. The molecule has 0 aliphatic heterocycles. The monoisotopic (exact) mass is 314 g/mol. The minimum absolute atomic E-state index is 0. The van der Waals surface area contributed by atoms with Crippen LogP contribution in [0.5, 0.6) is 0 Å². The minimum Gasteiger partial charge on any atom is -0.329 e. The number of carbonyl (C=O) groups excluding carboxylic acids is 1. The maximum atomic E-state index is 12.7. The lowest BCUT2D eigenvalue weighted by Gasteiger charge is -2.02. The summed E-state index contributed by atoms with van der Waals surface area (Å²) >= 11 is 1.63. The molecule has 0 radical (unpaired) electrons. The van der Waals surface area contributed by atoms with Crippen molar-refractivity contribution >= 4 is 30.0 Å². The second kappa shape index (κ2) is 8.07. The van der Waals surface area contributed by atoms with Gasteiger partial charge in [0.25, 0.3) is 0 Å². The Kier molecular flexibility index (Phi) is 6.75. The molecule has 6 heteroatoms. The first kappa shape index (κ1) is 16.7. The zero-order valence-corrected chi connectivity index (χ0v) is 12.7. The largest absolute Gasteiger partial charge is 0.329 e. The van der Waals surface area contributed by atoms with Crippen LogP contribution in [0.4, 0.5) is 4.39 Å². The van der Waals surface area contributed by atoms with E-state index in [9.17, 15) is 9.18 Å². The molecule has 0 fully saturated rings. The molecule has 3 nitrogen and oxygen atoms in total. The smallest absolute Gasteiger partial charge is 0.167 e. The van der Waals surface area contributed by atoms with E-state index in [-0.39, 0.29) is 24.0 Å². The molecule has 0 saturated heterocycles. The average molecular weight is 315 g/mol. The maximum Gasteiger partial charge on any atom is 0.167 e. The van der Waals surface area contributed by atoms with Gasteiger partial charge in [0.2, 0.25) is 0 Å². The summed E-state index contributed by atoms with van der Waals surface area (Å²) in [6.07, 6.45) is 4.91. The van der Waals surface area contributed by atoms with Gasteiger partial charge >= 0.3 is 0 Å². The van der Waals surface area contributed by atoms with Gasteiger partial charge in [-0.05, 0) is 30.7 Å². The normalized spacial score (nSPS) is 10.1. The van der Waals surface area contributed by atoms with E-state index in [4.69, 9.17) is 0 Å². The highest BCUT2D eigenvalue weighted by Crippen LogP contribution is 2.17. The lowest BCUT2D eigenvalue weighted by Crippen LogP contribution is -2.00. The predicted octanol–water partition coefficient (Wildman–Crippen LogP) is 3.74. The molecule has 1 aromatic carbocycles. The Morgan fingerprint density at radius 1 is 1.35 bits per heavy atom. The molecular weight excluding hydrogens is 299 g/mol. The van der Waals surface area contributed by atoms with Gasteiger partial charge < -0.3 is 4.57 Å². The number of aromatic nitrogens is 2. The number of Topliss-reactive ketones (excluding diaryl/α,β-unsaturated/α-hetero) is 1. The van der Waals surface area contributed by atoms with Crippen LogP contribution in [0.3, 0.4) is 0 Å². The maximum absolute atomic E-state index is 12.7. The van der Waals surface area contributed by atoms with Crippen molar-refractivity contribution in [3.63, 3.8) is 0 Å². The summed E-state index contributed by atoms with van der Waals surface area (Å²) in [7, 11) is 1.94. The highest BCUT2D eigenvalue weighted by molar-refractivity contribution is 7.99. The number of carbonyl (C=O) groups is 1. The van der Waals surface area contributed by atoms with Crippen molar-refractivity contribution in [1.29, 1.82) is 0 Å². The average Bonchev–Trinajstić information content (AvgIpc) is 2.81. The second-order valence-corrected chi connectivity index (χ2v) is 5.26. The number of rotatable bonds is 6. The van der Waals surface area contributed by atoms with Crippen molar-refractivity contribution in [2.24, 2.45) is 7.05 Å². The van der Waals surface area contributed by atoms with Crippen LogP contribution in [0.15, 0.2) is 41.8 Å². The molecule has 0 aliphatic carbocycles. The Labute approximate surface area is 128 Å². The molecule has 2 rings (SSSR count). The van der Waals surface area contributed by atoms with Crippen LogP contribution in [-0.4, -0.2) is 21.1 Å². The van der Waals surface area contributed by atoms with Gasteiger partial charge in [0.05, 0.1) is 0 Å². The highest BCUT2D eigenvalue weighted by atomic mass is 35.5. The molecule has 1 aromatic heterocycles. The number of aryl methyl sites for hydroxylation is 1. The fourth-order valence-electron chi connectivity index (χ4n) is 1.67. The van der Waals surface area contributed by atoms with Crippen LogP contribution in [0, 0.1) is 5.82 Å². The van der Waals surface area contributed by atoms with Crippen molar-refractivity contribution in [2.45, 2.75) is 18.0 Å². The van der Waals surface area contributed by atoms with Crippen LogP contribution >= 0.6 is 24.2 Å². The first-order valence-corrected chi connectivity index (χ1v) is 7.04. The number of hydrogen-bond acceptors (Lipinski definition) is 3. The standard InChI is InChI=1S/C14H15FN2OS.ClH/c1-17-9-8-16-14(17)19-10-2-3-13(18)11-4-6-12(15)7-5-11;/h4-9H,2-3,10H2,1H3;1H. The number of benzene rings is 1. The molecule has 0 atom stereocenters. The predicted molar refractivity (Wildman–Crippen MR) is 81.1 cm³/mol. The summed E-state index contributed by atoms with van der Waals surface area (Å²) in [5, 5.41) is 0.953. The van der Waals surface area contributed by atoms with Crippen molar-refractivity contribution in [1.82, 2.24) is 9.55 Å². The van der Waals surface area contributed by atoms with Crippen LogP contribution in [0.25, 0.3) is 0 Å². The SMILES string of the molecule is Cl.Cn1ccnc1SCCCC(=O)c1ccc(F)cc1. The van der Waals surface area contributed by atoms with E-state index in [2.05, 4.69) is 4.98 Å². The van der Waals surface area contributed by atoms with Gasteiger partial charge in [-0.2, -0.15) is 0 Å². The molecule has 0 spiro atoms. The second-order valence-electron chi connectivity index (χ2n) is 4.20. The summed E-state index contributed by atoms with van der Waals surface area (Å²) in [6.45, 7) is 0. The van der Waals surface area contributed by atoms with Crippen LogP contribution in [0.1, 0.15) is 23.2 Å². The van der Waals surface area contributed by atoms with Gasteiger partial charge in [-0.25, -0.2) is 9.37 Å². The van der Waals surface area contributed by atoms with Crippen molar-refractivity contribution < 1.29 is 9.18 Å². The first-order chi connectivity index (χ1) is 9.16. The molecular formula is C14H16ClFN2OS. The fraction of sp³-hybridized carbons (Fsp3) is 0.286. The fourth-order valence-corrected chi connectivity index (χ4v) is 2.54. The molecule has 2 aromatic rings. The van der Waals surface area contributed by atoms with E-state index in [0.717, 1.165) is 17.3 Å². The van der Waals surface area contributed by atoms with Crippen molar-refractivity contribution in [3.05, 3.63) is 48.0 Å². The highest BCUT2D eigenvalue weighted by Gasteiger charge is 2.06. The molecule has 0 N–H and O–H groups in total. The van der Waals surface area contributed by atoms with Gasteiger partial charge in [0, 0.05) is 37.2 Å². The van der Waals surface area contributed by atoms with E-state index in [1.807, 2.05) is 17.8 Å². The number of imidazole rings is 1. The van der Waals surface area contributed by atoms with E-state index in [1.54, 1.807) is 18.0 Å². The Morgan fingerprint density at radius 3 is 2.65 bits per heavy atom. The Balaban J connectivity index is 0.00000200. The summed E-state index contributed by atoms with van der Waals surface area (Å²) in [4.78, 5) is 16.0.